The third-order valence-electron chi connectivity index (χ3n) is 11.0. The number of aromatic nitrogens is 6. The minimum atomic E-state index is -0.649. The van der Waals surface area contributed by atoms with Crippen LogP contribution in [0.4, 0.5) is 16.6 Å². The molecule has 0 bridgehead atoms. The summed E-state index contributed by atoms with van der Waals surface area (Å²) in [6.45, 7) is 8.83. The molecule has 0 amide bonds. The van der Waals surface area contributed by atoms with E-state index in [0.29, 0.717) is 59.5 Å². The lowest BCUT2D eigenvalue weighted by molar-refractivity contribution is 0.0459. The minimum absolute atomic E-state index is 0.0778. The number of aryl methyl sites for hydroxylation is 1. The Balaban J connectivity index is 1.31. The summed E-state index contributed by atoms with van der Waals surface area (Å²) in [5, 5.41) is 21.1. The van der Waals surface area contributed by atoms with Crippen LogP contribution in [-0.2, 0) is 23.2 Å². The van der Waals surface area contributed by atoms with Gasteiger partial charge in [-0.2, -0.15) is 10.4 Å². The van der Waals surface area contributed by atoms with Gasteiger partial charge >= 0.3 is 0 Å². The largest absolute Gasteiger partial charge is 0.389 e. The van der Waals surface area contributed by atoms with Gasteiger partial charge in [0.25, 0.3) is 0 Å². The van der Waals surface area contributed by atoms with Crippen LogP contribution in [0.5, 0.6) is 0 Å². The van der Waals surface area contributed by atoms with Crippen molar-refractivity contribution < 1.29 is 9.26 Å². The number of rotatable bonds is 7. The average Bonchev–Trinajstić information content (AvgIpc) is 3.90. The van der Waals surface area contributed by atoms with Crippen LogP contribution in [0.15, 0.2) is 29.0 Å². The van der Waals surface area contributed by atoms with Crippen molar-refractivity contribution in [1.29, 1.82) is 5.26 Å². The van der Waals surface area contributed by atoms with Gasteiger partial charge in [0.05, 0.1) is 53.4 Å². The number of pyridine rings is 1. The number of anilines is 3. The van der Waals surface area contributed by atoms with Crippen LogP contribution in [0.3, 0.4) is 0 Å². The number of fused-ring (bicyclic) bond motifs is 5. The summed E-state index contributed by atoms with van der Waals surface area (Å²) in [4.78, 5) is 20.5. The summed E-state index contributed by atoms with van der Waals surface area (Å²) in [7, 11) is 2.18. The molecule has 3 aliphatic rings. The molecule has 1 saturated heterocycles. The minimum Gasteiger partial charge on any atom is -0.389 e. The molecule has 1 spiro atoms. The summed E-state index contributed by atoms with van der Waals surface area (Å²) in [5.41, 5.74) is 16.5. The summed E-state index contributed by atoms with van der Waals surface area (Å²) >= 11 is 1.49. The van der Waals surface area contributed by atoms with Crippen molar-refractivity contribution in [2.75, 3.05) is 43.1 Å². The number of likely N-dealkylation sites (tertiary alicyclic amines) is 1. The summed E-state index contributed by atoms with van der Waals surface area (Å²) in [5.74, 6) is 2.37. The van der Waals surface area contributed by atoms with E-state index in [4.69, 9.17) is 35.8 Å². The van der Waals surface area contributed by atoms with E-state index in [-0.39, 0.29) is 12.1 Å². The summed E-state index contributed by atoms with van der Waals surface area (Å²) in [6.07, 6.45) is 8.40. The smallest absolute Gasteiger partial charge is 0.186 e. The Kier molecular flexibility index (Phi) is 7.81. The van der Waals surface area contributed by atoms with Gasteiger partial charge in [-0.1, -0.05) is 11.2 Å². The Labute approximate surface area is 288 Å². The Hall–Kier alpha value is -4.58. The van der Waals surface area contributed by atoms with Crippen LogP contribution >= 0.6 is 11.3 Å². The zero-order chi connectivity index (χ0) is 34.0. The Morgan fingerprint density at radius 2 is 2.10 bits per heavy atom. The van der Waals surface area contributed by atoms with Crippen molar-refractivity contribution in [3.8, 4) is 17.6 Å². The molecule has 4 unspecified atom stereocenters. The van der Waals surface area contributed by atoms with Crippen LogP contribution in [0.2, 0.25) is 0 Å². The highest BCUT2D eigenvalue weighted by Crippen LogP contribution is 2.52. The maximum atomic E-state index is 10.1. The van der Waals surface area contributed by atoms with Gasteiger partial charge < -0.3 is 30.5 Å². The lowest BCUT2D eigenvalue weighted by atomic mass is 9.68. The lowest BCUT2D eigenvalue weighted by Crippen LogP contribution is -2.40. The molecule has 5 aromatic heterocycles. The van der Waals surface area contributed by atoms with Crippen LogP contribution in [0.1, 0.15) is 91.4 Å². The van der Waals surface area contributed by atoms with Gasteiger partial charge in [0.15, 0.2) is 22.9 Å². The number of nitrogens with zero attached hydrogens (tertiary/aromatic N) is 9. The molecule has 0 saturated carbocycles. The van der Waals surface area contributed by atoms with Crippen molar-refractivity contribution >= 4 is 39.0 Å². The van der Waals surface area contributed by atoms with E-state index < -0.39 is 5.41 Å². The van der Waals surface area contributed by atoms with Gasteiger partial charge in [0, 0.05) is 34.8 Å². The first-order chi connectivity index (χ1) is 23.8. The van der Waals surface area contributed by atoms with E-state index in [1.165, 1.54) is 11.3 Å². The van der Waals surface area contributed by atoms with E-state index in [1.807, 2.05) is 23.0 Å². The highest BCUT2D eigenvalue weighted by atomic mass is 32.1. The second-order valence-corrected chi connectivity index (χ2v) is 14.7. The molecular formula is C35H41N11O2S. The van der Waals surface area contributed by atoms with E-state index in [2.05, 4.69) is 53.8 Å². The van der Waals surface area contributed by atoms with Crippen molar-refractivity contribution in [3.63, 3.8) is 0 Å². The molecule has 13 nitrogen and oxygen atoms in total. The quantitative estimate of drug-likeness (QED) is 0.225. The molecule has 0 aromatic carbocycles. The van der Waals surface area contributed by atoms with Gasteiger partial charge in [0.2, 0.25) is 0 Å². The van der Waals surface area contributed by atoms with Crippen molar-refractivity contribution in [2.24, 2.45) is 0 Å². The molecular weight excluding hydrogens is 639 g/mol. The molecule has 4 atom stereocenters. The summed E-state index contributed by atoms with van der Waals surface area (Å²) in [6, 6.07) is 6.55. The fourth-order valence-corrected chi connectivity index (χ4v) is 9.69. The predicted octanol–water partition coefficient (Wildman–Crippen LogP) is 5.37. The first-order valence-corrected chi connectivity index (χ1v) is 17.9. The third-order valence-corrected chi connectivity index (χ3v) is 12.1. The molecule has 7 heterocycles. The van der Waals surface area contributed by atoms with Crippen molar-refractivity contribution in [3.05, 3.63) is 57.4 Å². The predicted molar refractivity (Wildman–Crippen MR) is 188 cm³/mol. The lowest BCUT2D eigenvalue weighted by Gasteiger charge is -2.38. The highest BCUT2D eigenvalue weighted by molar-refractivity contribution is 7.16. The number of nitriles is 1. The van der Waals surface area contributed by atoms with Gasteiger partial charge in [-0.25, -0.2) is 19.6 Å². The van der Waals surface area contributed by atoms with Gasteiger partial charge in [0.1, 0.15) is 22.7 Å². The van der Waals surface area contributed by atoms with Crippen molar-refractivity contribution in [2.45, 2.75) is 83.0 Å². The molecule has 14 heteroatoms. The number of hydrogen-bond acceptors (Lipinski definition) is 13. The van der Waals surface area contributed by atoms with Gasteiger partial charge in [-0.3, -0.25) is 0 Å². The number of likely N-dealkylation sites (N-methyl/N-ethyl adjacent to an activating group) is 1. The average molecular weight is 680 g/mol. The van der Waals surface area contributed by atoms with Crippen LogP contribution < -0.4 is 16.4 Å². The van der Waals surface area contributed by atoms with Crippen LogP contribution in [-0.4, -0.2) is 67.6 Å². The second-order valence-electron chi connectivity index (χ2n) is 13.6. The molecule has 1 fully saturated rings. The van der Waals surface area contributed by atoms with E-state index >= 15 is 0 Å². The highest BCUT2D eigenvalue weighted by Gasteiger charge is 2.50. The standard InChI is InChI=1S/C35H41N11O2S/c1-5-45(19(2)21-9-7-13-39-30(21)37)33-23-16-40-46(20(3)25-10-8-14-44(25)4)34(23)42-32(41-33)28-24-17-47-18-35(29(24)48-43-28)12-6-11-26-27(35)22(15-36)31(38)49-26/h7,9,13,16,19-20,25H,5-6,8,10-12,14,17-18,38H2,1-4H3,(H2,37,39). The Morgan fingerprint density at radius 3 is 2.86 bits per heavy atom. The molecule has 5 aromatic rings. The van der Waals surface area contributed by atoms with E-state index in [0.717, 1.165) is 77.1 Å². The molecule has 2 aliphatic heterocycles. The number of ether oxygens (including phenoxy) is 1. The van der Waals surface area contributed by atoms with E-state index in [9.17, 15) is 5.26 Å². The molecule has 1 aliphatic carbocycles. The normalized spacial score (nSPS) is 21.8. The SMILES string of the molecule is CCN(c1nc(-c2noc3c2COCC32CCCc3sc(N)c(C#N)c32)nc2c1cnn2C(C)C1CCCN1C)C(C)c1cccnc1N. The Bertz CT molecular complexity index is 2090. The van der Waals surface area contributed by atoms with E-state index in [1.54, 1.807) is 6.20 Å². The monoisotopic (exact) mass is 679 g/mol. The zero-order valence-corrected chi connectivity index (χ0v) is 29.1. The Morgan fingerprint density at radius 1 is 1.24 bits per heavy atom. The number of thiophene rings is 1. The van der Waals surface area contributed by atoms with Crippen molar-refractivity contribution in [1.82, 2.24) is 34.8 Å². The number of nitrogens with two attached hydrogens (primary N) is 2. The topological polar surface area (TPSA) is 174 Å². The number of nitrogen functional groups attached to an aromatic ring is 2. The number of hydrogen-bond donors (Lipinski definition) is 2. The third kappa shape index (κ3) is 4.81. The maximum Gasteiger partial charge on any atom is 0.186 e. The molecule has 4 N–H and O–H groups in total. The first kappa shape index (κ1) is 31.7. The summed E-state index contributed by atoms with van der Waals surface area (Å²) < 4.78 is 14.7. The van der Waals surface area contributed by atoms with Crippen LogP contribution in [0.25, 0.3) is 22.6 Å². The first-order valence-electron chi connectivity index (χ1n) is 17.1. The fourth-order valence-electron chi connectivity index (χ4n) is 8.53. The maximum absolute atomic E-state index is 10.1. The van der Waals surface area contributed by atoms with Gasteiger partial charge in [-0.15, -0.1) is 11.3 Å². The second kappa shape index (κ2) is 12.1. The fraction of sp³-hybridized carbons (Fsp3) is 0.486. The van der Waals surface area contributed by atoms with Crippen LogP contribution in [0, 0.1) is 11.3 Å². The molecule has 49 heavy (non-hydrogen) atoms. The van der Waals surface area contributed by atoms with Gasteiger partial charge in [-0.05, 0) is 72.5 Å². The zero-order valence-electron chi connectivity index (χ0n) is 28.3. The molecule has 254 valence electrons. The molecule has 8 rings (SSSR count). The molecule has 0 radical (unpaired) electrons.